The number of aromatic nitrogens is 1. The number of nitrogens with zero attached hydrogens (tertiary/aromatic N) is 1. The van der Waals surface area contributed by atoms with Crippen molar-refractivity contribution in [1.82, 2.24) is 4.98 Å². The topological polar surface area (TPSA) is 51.2 Å². The molecule has 0 fully saturated rings. The van der Waals surface area contributed by atoms with E-state index >= 15 is 0 Å². The molecule has 0 spiro atoms. The molecule has 0 radical (unpaired) electrons. The molecule has 0 unspecified atom stereocenters. The second-order valence-corrected chi connectivity index (χ2v) is 4.57. The Kier molecular flexibility index (Phi) is 3.78. The van der Waals surface area contributed by atoms with E-state index in [0.717, 1.165) is 16.5 Å². The lowest BCUT2D eigenvalue weighted by molar-refractivity contribution is -0.118. The summed E-state index contributed by atoms with van der Waals surface area (Å²) in [6, 6.07) is 19.1. The van der Waals surface area contributed by atoms with Gasteiger partial charge in [0.05, 0.1) is 0 Å². The fraction of sp³-hybridized carbons (Fsp3) is 0.0588. The summed E-state index contributed by atoms with van der Waals surface area (Å²) in [5.74, 6) is 0.224. The van der Waals surface area contributed by atoms with Crippen LogP contribution in [0.2, 0.25) is 0 Å². The van der Waals surface area contributed by atoms with Crippen molar-refractivity contribution in [2.45, 2.75) is 0 Å². The number of carbonyl (C=O) groups is 1. The summed E-state index contributed by atoms with van der Waals surface area (Å²) in [4.78, 5) is 15.9. The van der Waals surface area contributed by atoms with E-state index in [1.54, 1.807) is 18.3 Å². The number of benzene rings is 2. The number of pyridine rings is 1. The van der Waals surface area contributed by atoms with Crippen LogP contribution in [0, 0.1) is 0 Å². The minimum Gasteiger partial charge on any atom is -0.468 e. The van der Waals surface area contributed by atoms with Gasteiger partial charge in [-0.1, -0.05) is 36.4 Å². The maximum Gasteiger partial charge on any atom is 0.262 e. The van der Waals surface area contributed by atoms with Crippen LogP contribution in [0.25, 0.3) is 10.8 Å². The zero-order chi connectivity index (χ0) is 14.5. The molecular weight excluding hydrogens is 264 g/mol. The van der Waals surface area contributed by atoms with Crippen molar-refractivity contribution in [3.05, 3.63) is 66.9 Å². The van der Waals surface area contributed by atoms with Crippen LogP contribution in [-0.4, -0.2) is 17.5 Å². The highest BCUT2D eigenvalue weighted by atomic mass is 16.5. The smallest absolute Gasteiger partial charge is 0.262 e. The van der Waals surface area contributed by atoms with Crippen molar-refractivity contribution in [1.29, 1.82) is 0 Å². The van der Waals surface area contributed by atoms with Gasteiger partial charge in [0.1, 0.15) is 0 Å². The van der Waals surface area contributed by atoms with Crippen LogP contribution in [0.1, 0.15) is 0 Å². The number of hydrogen-bond donors (Lipinski definition) is 1. The van der Waals surface area contributed by atoms with E-state index in [9.17, 15) is 4.79 Å². The fourth-order valence-electron chi connectivity index (χ4n) is 2.04. The second-order valence-electron chi connectivity index (χ2n) is 4.57. The predicted octanol–water partition coefficient (Wildman–Crippen LogP) is 3.25. The predicted molar refractivity (Wildman–Crippen MR) is 82.3 cm³/mol. The number of rotatable bonds is 4. The van der Waals surface area contributed by atoms with E-state index in [1.165, 1.54) is 0 Å². The molecule has 0 aliphatic rings. The molecule has 0 bridgehead atoms. The first kappa shape index (κ1) is 13.1. The second kappa shape index (κ2) is 6.05. The Morgan fingerprint density at radius 1 is 1.00 bits per heavy atom. The Morgan fingerprint density at radius 2 is 1.81 bits per heavy atom. The van der Waals surface area contributed by atoms with E-state index in [1.807, 2.05) is 48.5 Å². The molecule has 1 aromatic heterocycles. The molecule has 0 atom stereocenters. The fourth-order valence-corrected chi connectivity index (χ4v) is 2.04. The van der Waals surface area contributed by atoms with Gasteiger partial charge in [0.2, 0.25) is 5.88 Å². The van der Waals surface area contributed by atoms with Crippen molar-refractivity contribution in [2.75, 3.05) is 11.9 Å². The molecule has 1 N–H and O–H groups in total. The molecule has 0 aliphatic heterocycles. The number of amides is 1. The summed E-state index contributed by atoms with van der Waals surface area (Å²) in [7, 11) is 0. The lowest BCUT2D eigenvalue weighted by atomic mass is 10.1. The summed E-state index contributed by atoms with van der Waals surface area (Å²) < 4.78 is 5.30. The maximum atomic E-state index is 11.9. The molecule has 0 saturated carbocycles. The van der Waals surface area contributed by atoms with Crippen molar-refractivity contribution in [3.8, 4) is 5.88 Å². The normalized spacial score (nSPS) is 10.3. The first-order valence-corrected chi connectivity index (χ1v) is 6.64. The molecule has 3 rings (SSSR count). The highest BCUT2D eigenvalue weighted by Crippen LogP contribution is 2.18. The number of nitrogens with one attached hydrogen (secondary N) is 1. The molecule has 4 heteroatoms. The van der Waals surface area contributed by atoms with Gasteiger partial charge in [0, 0.05) is 18.0 Å². The molecular formula is C17H14N2O2. The molecule has 1 amide bonds. The zero-order valence-corrected chi connectivity index (χ0v) is 11.3. The van der Waals surface area contributed by atoms with Crippen LogP contribution in [0.15, 0.2) is 66.9 Å². The number of fused-ring (bicyclic) bond motifs is 1. The zero-order valence-electron chi connectivity index (χ0n) is 11.3. The van der Waals surface area contributed by atoms with Gasteiger partial charge in [-0.2, -0.15) is 0 Å². The molecule has 4 nitrogen and oxygen atoms in total. The first-order chi connectivity index (χ1) is 10.3. The molecule has 2 aromatic carbocycles. The summed E-state index contributed by atoms with van der Waals surface area (Å²) >= 11 is 0. The molecule has 3 aromatic rings. The van der Waals surface area contributed by atoms with E-state index < -0.39 is 0 Å². The number of hydrogen-bond acceptors (Lipinski definition) is 3. The molecule has 21 heavy (non-hydrogen) atoms. The number of ether oxygens (including phenoxy) is 1. The minimum absolute atomic E-state index is 0.0656. The van der Waals surface area contributed by atoms with E-state index in [4.69, 9.17) is 4.74 Å². The van der Waals surface area contributed by atoms with Crippen LogP contribution in [0.5, 0.6) is 5.88 Å². The third kappa shape index (κ3) is 3.36. The SMILES string of the molecule is O=C(COc1ccccn1)Nc1ccc2ccccc2c1. The summed E-state index contributed by atoms with van der Waals surface area (Å²) in [6.45, 7) is -0.0656. The monoisotopic (exact) mass is 278 g/mol. The molecule has 0 aliphatic carbocycles. The third-order valence-corrected chi connectivity index (χ3v) is 3.02. The Hall–Kier alpha value is -2.88. The van der Waals surface area contributed by atoms with E-state index in [2.05, 4.69) is 10.3 Å². The van der Waals surface area contributed by atoms with Crippen LogP contribution in [-0.2, 0) is 4.79 Å². The Balaban J connectivity index is 1.63. The van der Waals surface area contributed by atoms with Gasteiger partial charge in [-0.3, -0.25) is 4.79 Å². The summed E-state index contributed by atoms with van der Waals surface area (Å²) in [6.07, 6.45) is 1.62. The third-order valence-electron chi connectivity index (χ3n) is 3.02. The summed E-state index contributed by atoms with van der Waals surface area (Å²) in [5, 5.41) is 5.04. The van der Waals surface area contributed by atoms with E-state index in [0.29, 0.717) is 5.88 Å². The maximum absolute atomic E-state index is 11.9. The Labute approximate surface area is 122 Å². The highest BCUT2D eigenvalue weighted by Gasteiger charge is 2.04. The molecule has 0 saturated heterocycles. The van der Waals surface area contributed by atoms with Gasteiger partial charge >= 0.3 is 0 Å². The van der Waals surface area contributed by atoms with Gasteiger partial charge < -0.3 is 10.1 Å². The quantitative estimate of drug-likeness (QED) is 0.797. The van der Waals surface area contributed by atoms with Crippen molar-refractivity contribution in [3.63, 3.8) is 0 Å². The molecule has 104 valence electrons. The van der Waals surface area contributed by atoms with E-state index in [-0.39, 0.29) is 12.5 Å². The van der Waals surface area contributed by atoms with Crippen molar-refractivity contribution >= 4 is 22.4 Å². The van der Waals surface area contributed by atoms with Crippen LogP contribution >= 0.6 is 0 Å². The minimum atomic E-state index is -0.212. The average Bonchev–Trinajstić information content (AvgIpc) is 2.54. The first-order valence-electron chi connectivity index (χ1n) is 6.64. The standard InChI is InChI=1S/C17H14N2O2/c20-16(12-21-17-7-3-4-10-18-17)19-15-9-8-13-5-1-2-6-14(13)11-15/h1-11H,12H2,(H,19,20). The Bertz CT molecular complexity index is 757. The van der Waals surface area contributed by atoms with Gasteiger partial charge in [-0.05, 0) is 29.0 Å². The number of anilines is 1. The number of carbonyl (C=O) groups excluding carboxylic acids is 1. The summed E-state index contributed by atoms with van der Waals surface area (Å²) in [5.41, 5.74) is 0.753. The van der Waals surface area contributed by atoms with Crippen molar-refractivity contribution in [2.24, 2.45) is 0 Å². The largest absolute Gasteiger partial charge is 0.468 e. The van der Waals surface area contributed by atoms with Gasteiger partial charge in [-0.25, -0.2) is 4.98 Å². The highest BCUT2D eigenvalue weighted by molar-refractivity contribution is 5.95. The van der Waals surface area contributed by atoms with Crippen molar-refractivity contribution < 1.29 is 9.53 Å². The van der Waals surface area contributed by atoms with Gasteiger partial charge in [0.15, 0.2) is 6.61 Å². The van der Waals surface area contributed by atoms with Crippen LogP contribution in [0.3, 0.4) is 0 Å². The van der Waals surface area contributed by atoms with Crippen LogP contribution in [0.4, 0.5) is 5.69 Å². The lowest BCUT2D eigenvalue weighted by Crippen LogP contribution is -2.20. The van der Waals surface area contributed by atoms with Crippen LogP contribution < -0.4 is 10.1 Å². The van der Waals surface area contributed by atoms with Gasteiger partial charge in [-0.15, -0.1) is 0 Å². The lowest BCUT2D eigenvalue weighted by Gasteiger charge is -2.07. The average molecular weight is 278 g/mol. The van der Waals surface area contributed by atoms with Gasteiger partial charge in [0.25, 0.3) is 5.91 Å². The Morgan fingerprint density at radius 3 is 2.62 bits per heavy atom. The molecule has 1 heterocycles.